The molecule has 3 aliphatic rings. The average molecular weight is 697 g/mol. The second-order valence-corrected chi connectivity index (χ2v) is 13.6. The highest BCUT2D eigenvalue weighted by Gasteiger charge is 2.37. The van der Waals surface area contributed by atoms with Crippen LogP contribution in [0.2, 0.25) is 5.02 Å². The Kier molecular flexibility index (Phi) is 10.3. The number of hydrogen-bond donors (Lipinski definition) is 2. The van der Waals surface area contributed by atoms with Gasteiger partial charge in [0.15, 0.2) is 0 Å². The molecule has 0 aliphatic carbocycles. The molecule has 9 nitrogen and oxygen atoms in total. The van der Waals surface area contributed by atoms with Crippen molar-refractivity contribution >= 4 is 40.8 Å². The monoisotopic (exact) mass is 696 g/mol. The summed E-state index contributed by atoms with van der Waals surface area (Å²) in [5, 5.41) is 2.76. The maximum Gasteiger partial charge on any atom is 0.418 e. The number of nitrogens with two attached hydrogens (primary N) is 1. The summed E-state index contributed by atoms with van der Waals surface area (Å²) < 4.78 is 41.4. The molecule has 0 saturated carbocycles. The van der Waals surface area contributed by atoms with Gasteiger partial charge in [0, 0.05) is 63.3 Å². The molecule has 4 amide bonds. The van der Waals surface area contributed by atoms with Crippen LogP contribution in [0, 0.1) is 5.92 Å². The van der Waals surface area contributed by atoms with E-state index in [0.717, 1.165) is 42.1 Å². The predicted molar refractivity (Wildman–Crippen MR) is 181 cm³/mol. The molecule has 3 N–H and O–H groups in total. The largest absolute Gasteiger partial charge is 0.418 e. The summed E-state index contributed by atoms with van der Waals surface area (Å²) in [5.74, 6) is -1.13. The summed E-state index contributed by atoms with van der Waals surface area (Å²) in [6, 6.07) is 13.7. The molecule has 3 aliphatic heterocycles. The minimum Gasteiger partial charge on any atom is -0.397 e. The van der Waals surface area contributed by atoms with E-state index < -0.39 is 23.3 Å². The second kappa shape index (κ2) is 14.7. The van der Waals surface area contributed by atoms with Gasteiger partial charge < -0.3 is 25.8 Å². The predicted octanol–water partition coefficient (Wildman–Crippen LogP) is 6.37. The average Bonchev–Trinajstić information content (AvgIpc) is 3.27. The molecular formula is C36H40ClF3N6O3. The number of nitrogens with zero attached hydrogens (tertiary/aromatic N) is 4. The number of likely N-dealkylation sites (tertiary alicyclic amines) is 2. The third-order valence-electron chi connectivity index (χ3n) is 10.1. The quantitative estimate of drug-likeness (QED) is 0.279. The van der Waals surface area contributed by atoms with Gasteiger partial charge in [-0.25, -0.2) is 4.79 Å². The molecule has 1 atom stereocenters. The highest BCUT2D eigenvalue weighted by Crippen LogP contribution is 2.39. The number of hydrogen-bond acceptors (Lipinski definition) is 5. The first-order valence-corrected chi connectivity index (χ1v) is 17.1. The van der Waals surface area contributed by atoms with Crippen molar-refractivity contribution in [2.45, 2.75) is 63.1 Å². The van der Waals surface area contributed by atoms with E-state index in [1.165, 1.54) is 6.07 Å². The maximum absolute atomic E-state index is 14.0. The molecule has 49 heavy (non-hydrogen) atoms. The molecule has 0 bridgehead atoms. The van der Waals surface area contributed by atoms with Crippen LogP contribution in [-0.4, -0.2) is 76.3 Å². The normalized spacial score (nSPS) is 18.4. The van der Waals surface area contributed by atoms with Gasteiger partial charge in [-0.1, -0.05) is 29.8 Å². The molecule has 0 unspecified atom stereocenters. The van der Waals surface area contributed by atoms with Crippen LogP contribution in [0.3, 0.4) is 0 Å². The van der Waals surface area contributed by atoms with Crippen molar-refractivity contribution in [3.05, 3.63) is 88.2 Å². The first-order chi connectivity index (χ1) is 23.5. The smallest absolute Gasteiger partial charge is 0.397 e. The molecule has 13 heteroatoms. The molecule has 2 saturated heterocycles. The van der Waals surface area contributed by atoms with Crippen molar-refractivity contribution in [2.75, 3.05) is 43.8 Å². The third-order valence-corrected chi connectivity index (χ3v) is 10.4. The van der Waals surface area contributed by atoms with Gasteiger partial charge in [0.2, 0.25) is 11.8 Å². The minimum absolute atomic E-state index is 0.0461. The number of halogens is 4. The number of anilines is 2. The van der Waals surface area contributed by atoms with E-state index in [2.05, 4.69) is 10.3 Å². The number of nitrogen functional groups attached to an aromatic ring is 1. The van der Waals surface area contributed by atoms with E-state index in [1.54, 1.807) is 22.2 Å². The molecule has 1 aromatic heterocycles. The number of nitrogens with one attached hydrogen (secondary N) is 1. The lowest BCUT2D eigenvalue weighted by Gasteiger charge is -2.38. The summed E-state index contributed by atoms with van der Waals surface area (Å²) in [5.41, 5.74) is 7.26. The summed E-state index contributed by atoms with van der Waals surface area (Å²) >= 11 is 6.13. The van der Waals surface area contributed by atoms with E-state index >= 15 is 0 Å². The van der Waals surface area contributed by atoms with Crippen LogP contribution in [-0.2, 0) is 28.6 Å². The van der Waals surface area contributed by atoms with Gasteiger partial charge in [-0.05, 0) is 91.5 Å². The number of pyridine rings is 1. The van der Waals surface area contributed by atoms with Crippen LogP contribution in [0.25, 0.3) is 0 Å². The van der Waals surface area contributed by atoms with Crippen LogP contribution in [0.1, 0.15) is 60.3 Å². The number of urea groups is 1. The molecule has 260 valence electrons. The van der Waals surface area contributed by atoms with Crippen molar-refractivity contribution in [3.8, 4) is 0 Å². The molecule has 0 spiro atoms. The van der Waals surface area contributed by atoms with Gasteiger partial charge in [0.1, 0.15) is 0 Å². The van der Waals surface area contributed by atoms with Crippen LogP contribution in [0.15, 0.2) is 60.9 Å². The van der Waals surface area contributed by atoms with Crippen molar-refractivity contribution in [1.82, 2.24) is 19.7 Å². The van der Waals surface area contributed by atoms with E-state index in [9.17, 15) is 27.6 Å². The number of fused-ring (bicyclic) bond motifs is 1. The number of rotatable bonds is 7. The third kappa shape index (κ3) is 7.95. The zero-order valence-corrected chi connectivity index (χ0v) is 27.8. The lowest BCUT2D eigenvalue weighted by atomic mass is 9.88. The summed E-state index contributed by atoms with van der Waals surface area (Å²) in [4.78, 5) is 50.2. The Balaban J connectivity index is 1.14. The lowest BCUT2D eigenvalue weighted by Crippen LogP contribution is -2.50. The first kappa shape index (κ1) is 34.5. The van der Waals surface area contributed by atoms with Gasteiger partial charge in [-0.3, -0.25) is 14.6 Å². The van der Waals surface area contributed by atoms with Crippen LogP contribution in [0.4, 0.5) is 29.3 Å². The number of para-hydroxylation sites is 1. The standard InChI is InChI=1S/C36H40ClF3N6O3/c37-30-21-23(20-29(33(30)41)36(38,39)40)19-27(34(48)45-14-7-25(8-15-45)24-5-12-42-13-6-24)22-32(47)44-16-10-28(11-17-44)46-18-9-26-3-1-2-4-31(26)43-35(46)49/h1-6,12-13,20-21,25,27-28H,7-11,14-19,22,41H2,(H,43,49)/t27-/m0/s1. The summed E-state index contributed by atoms with van der Waals surface area (Å²) in [6.07, 6.45) is 1.85. The zero-order chi connectivity index (χ0) is 34.7. The number of aromatic nitrogens is 1. The molecular weight excluding hydrogens is 657 g/mol. The lowest BCUT2D eigenvalue weighted by molar-refractivity contribution is -0.142. The number of benzene rings is 2. The van der Waals surface area contributed by atoms with Crippen LogP contribution < -0.4 is 11.1 Å². The Hall–Kier alpha value is -4.32. The minimum atomic E-state index is -4.73. The zero-order valence-electron chi connectivity index (χ0n) is 27.1. The number of piperidine rings is 2. The highest BCUT2D eigenvalue weighted by atomic mass is 35.5. The summed E-state index contributed by atoms with van der Waals surface area (Å²) in [7, 11) is 0. The fourth-order valence-corrected chi connectivity index (χ4v) is 7.63. The maximum atomic E-state index is 14.0. The number of carbonyl (C=O) groups is 3. The SMILES string of the molecule is Nc1c(Cl)cc(C[C@@H](CC(=O)N2CCC(N3CCc4ccccc4NC3=O)CC2)C(=O)N2CCC(c3ccncc3)CC2)cc1C(F)(F)F. The van der Waals surface area contributed by atoms with Crippen molar-refractivity contribution in [3.63, 3.8) is 0 Å². The fourth-order valence-electron chi connectivity index (χ4n) is 7.39. The Bertz CT molecular complexity index is 1670. The van der Waals surface area contributed by atoms with Gasteiger partial charge in [-0.2, -0.15) is 13.2 Å². The topological polar surface area (TPSA) is 112 Å². The van der Waals surface area contributed by atoms with E-state index in [0.29, 0.717) is 45.6 Å². The Morgan fingerprint density at radius 2 is 1.63 bits per heavy atom. The molecule has 2 fully saturated rings. The van der Waals surface area contributed by atoms with Gasteiger partial charge in [-0.15, -0.1) is 0 Å². The number of amides is 4. The molecule has 3 aromatic rings. The molecule has 6 rings (SSSR count). The van der Waals surface area contributed by atoms with Crippen molar-refractivity contribution in [1.29, 1.82) is 0 Å². The van der Waals surface area contributed by atoms with Crippen molar-refractivity contribution < 1.29 is 27.6 Å². The first-order valence-electron chi connectivity index (χ1n) is 16.7. The molecule has 0 radical (unpaired) electrons. The van der Waals surface area contributed by atoms with Gasteiger partial charge in [0.25, 0.3) is 0 Å². The van der Waals surface area contributed by atoms with Crippen molar-refractivity contribution in [2.24, 2.45) is 5.92 Å². The van der Waals surface area contributed by atoms with E-state index in [4.69, 9.17) is 17.3 Å². The fraction of sp³-hybridized carbons (Fsp3) is 0.444. The Morgan fingerprint density at radius 1 is 0.959 bits per heavy atom. The molecule has 4 heterocycles. The Labute approximate surface area is 288 Å². The summed E-state index contributed by atoms with van der Waals surface area (Å²) in [6.45, 7) is 2.33. The van der Waals surface area contributed by atoms with E-state index in [1.807, 2.05) is 41.3 Å². The Morgan fingerprint density at radius 3 is 2.33 bits per heavy atom. The number of alkyl halides is 3. The number of carbonyl (C=O) groups excluding carboxylic acids is 3. The second-order valence-electron chi connectivity index (χ2n) is 13.2. The highest BCUT2D eigenvalue weighted by molar-refractivity contribution is 6.33. The van der Waals surface area contributed by atoms with Crippen LogP contribution >= 0.6 is 11.6 Å². The van der Waals surface area contributed by atoms with Gasteiger partial charge in [0.05, 0.1) is 22.2 Å². The van der Waals surface area contributed by atoms with E-state index in [-0.39, 0.29) is 53.2 Å². The molecule has 2 aromatic carbocycles. The van der Waals surface area contributed by atoms with Crippen LogP contribution in [0.5, 0.6) is 0 Å². The van der Waals surface area contributed by atoms with Gasteiger partial charge >= 0.3 is 12.2 Å².